The van der Waals surface area contributed by atoms with E-state index in [0.29, 0.717) is 13.0 Å². The number of nitrogens with one attached hydrogen (secondary N) is 1. The Kier molecular flexibility index (Phi) is 3.76. The van der Waals surface area contributed by atoms with Crippen molar-refractivity contribution in [2.75, 3.05) is 13.2 Å². The average Bonchev–Trinajstić information content (AvgIpc) is 2.62. The molecule has 2 rings (SSSR count). The van der Waals surface area contributed by atoms with Gasteiger partial charge in [0.2, 0.25) is 0 Å². The van der Waals surface area contributed by atoms with Gasteiger partial charge >= 0.3 is 5.97 Å². The van der Waals surface area contributed by atoms with Crippen LogP contribution in [0.2, 0.25) is 0 Å². The molecule has 0 aliphatic heterocycles. The minimum absolute atomic E-state index is 0.129. The zero-order valence-corrected chi connectivity index (χ0v) is 9.85. The number of esters is 1. The third kappa shape index (κ3) is 2.65. The summed E-state index contributed by atoms with van der Waals surface area (Å²) in [5.74, 6) is -0.288. The molecule has 0 aromatic heterocycles. The lowest BCUT2D eigenvalue weighted by molar-refractivity contribution is -0.142. The minimum Gasteiger partial charge on any atom is -0.465 e. The number of ether oxygens (including phenoxy) is 1. The van der Waals surface area contributed by atoms with Crippen molar-refractivity contribution >= 4 is 5.97 Å². The standard InChI is InChI=1S/C13H17NO3/c1-2-17-12(16)8-14-13-10-6-4-3-5-9(10)7-11(13)15/h3-6,11,13-15H,2,7-8H2,1H3/t11-,13+/m1/s1. The molecule has 92 valence electrons. The maximum Gasteiger partial charge on any atom is 0.319 e. The number of aliphatic hydroxyl groups is 1. The van der Waals surface area contributed by atoms with Crippen LogP contribution >= 0.6 is 0 Å². The van der Waals surface area contributed by atoms with Gasteiger partial charge in [0.1, 0.15) is 0 Å². The molecule has 4 heteroatoms. The molecule has 0 unspecified atom stereocenters. The summed E-state index contributed by atoms with van der Waals surface area (Å²) in [6, 6.07) is 7.71. The normalized spacial score (nSPS) is 22.2. The predicted octanol–water partition coefficient (Wildman–Crippen LogP) is 0.797. The molecule has 1 aromatic rings. The smallest absolute Gasteiger partial charge is 0.319 e. The van der Waals surface area contributed by atoms with E-state index in [9.17, 15) is 9.90 Å². The summed E-state index contributed by atoms with van der Waals surface area (Å²) in [4.78, 5) is 11.3. The molecule has 0 saturated heterocycles. The fraction of sp³-hybridized carbons (Fsp3) is 0.462. The second-order valence-corrected chi connectivity index (χ2v) is 4.13. The number of benzene rings is 1. The third-order valence-corrected chi connectivity index (χ3v) is 2.98. The summed E-state index contributed by atoms with van der Waals surface area (Å²) >= 11 is 0. The van der Waals surface area contributed by atoms with Crippen LogP contribution in [0.1, 0.15) is 24.1 Å². The van der Waals surface area contributed by atoms with E-state index < -0.39 is 6.10 Å². The maximum absolute atomic E-state index is 11.3. The first-order chi connectivity index (χ1) is 8.22. The summed E-state index contributed by atoms with van der Waals surface area (Å²) in [6.45, 7) is 2.28. The number of hydrogen-bond acceptors (Lipinski definition) is 4. The van der Waals surface area contributed by atoms with Gasteiger partial charge in [-0.15, -0.1) is 0 Å². The van der Waals surface area contributed by atoms with E-state index in [-0.39, 0.29) is 18.6 Å². The molecule has 0 radical (unpaired) electrons. The van der Waals surface area contributed by atoms with Gasteiger partial charge in [0.15, 0.2) is 0 Å². The number of carbonyl (C=O) groups is 1. The molecule has 0 bridgehead atoms. The molecule has 1 aliphatic carbocycles. The SMILES string of the molecule is CCOC(=O)CN[C@H]1c2ccccc2C[C@H]1O. The van der Waals surface area contributed by atoms with Crippen molar-refractivity contribution in [1.82, 2.24) is 5.32 Å². The van der Waals surface area contributed by atoms with Gasteiger partial charge in [0, 0.05) is 6.42 Å². The molecule has 4 nitrogen and oxygen atoms in total. The van der Waals surface area contributed by atoms with E-state index in [1.54, 1.807) is 6.92 Å². The molecular formula is C13H17NO3. The molecule has 0 spiro atoms. The molecule has 2 atom stereocenters. The first kappa shape index (κ1) is 12.1. The second-order valence-electron chi connectivity index (χ2n) is 4.13. The highest BCUT2D eigenvalue weighted by molar-refractivity contribution is 5.71. The van der Waals surface area contributed by atoms with Crippen molar-refractivity contribution in [1.29, 1.82) is 0 Å². The van der Waals surface area contributed by atoms with E-state index in [0.717, 1.165) is 11.1 Å². The molecule has 0 fully saturated rings. The first-order valence-corrected chi connectivity index (χ1v) is 5.87. The quantitative estimate of drug-likeness (QED) is 0.758. The van der Waals surface area contributed by atoms with Crippen LogP contribution in [0.5, 0.6) is 0 Å². The summed E-state index contributed by atoms with van der Waals surface area (Å²) < 4.78 is 4.84. The van der Waals surface area contributed by atoms with Gasteiger partial charge in [0.25, 0.3) is 0 Å². The van der Waals surface area contributed by atoms with Crippen molar-refractivity contribution < 1.29 is 14.6 Å². The van der Waals surface area contributed by atoms with Crippen molar-refractivity contribution in [3.05, 3.63) is 35.4 Å². The Morgan fingerprint density at radius 2 is 2.29 bits per heavy atom. The lowest BCUT2D eigenvalue weighted by Gasteiger charge is -2.17. The van der Waals surface area contributed by atoms with Crippen molar-refractivity contribution in [3.63, 3.8) is 0 Å². The summed E-state index contributed by atoms with van der Waals surface area (Å²) in [5, 5.41) is 13.0. The van der Waals surface area contributed by atoms with E-state index >= 15 is 0 Å². The van der Waals surface area contributed by atoms with E-state index in [1.165, 1.54) is 0 Å². The minimum atomic E-state index is -0.471. The number of carbonyl (C=O) groups excluding carboxylic acids is 1. The van der Waals surface area contributed by atoms with Gasteiger partial charge in [-0.25, -0.2) is 0 Å². The second kappa shape index (κ2) is 5.29. The Bertz CT molecular complexity index is 405. The molecule has 1 aliphatic rings. The van der Waals surface area contributed by atoms with Gasteiger partial charge in [0.05, 0.1) is 25.3 Å². The van der Waals surface area contributed by atoms with Gasteiger partial charge in [-0.05, 0) is 18.1 Å². The topological polar surface area (TPSA) is 58.6 Å². The Labute approximate surface area is 101 Å². The molecule has 0 amide bonds. The van der Waals surface area contributed by atoms with Crippen LogP contribution in [-0.2, 0) is 16.0 Å². The van der Waals surface area contributed by atoms with Crippen molar-refractivity contribution in [2.24, 2.45) is 0 Å². The monoisotopic (exact) mass is 235 g/mol. The number of aliphatic hydroxyl groups excluding tert-OH is 1. The van der Waals surface area contributed by atoms with Gasteiger partial charge in [-0.3, -0.25) is 10.1 Å². The Balaban J connectivity index is 1.99. The number of rotatable bonds is 4. The summed E-state index contributed by atoms with van der Waals surface area (Å²) in [7, 11) is 0. The molecule has 17 heavy (non-hydrogen) atoms. The predicted molar refractivity (Wildman–Crippen MR) is 63.5 cm³/mol. The highest BCUT2D eigenvalue weighted by atomic mass is 16.5. The van der Waals surface area contributed by atoms with Crippen molar-refractivity contribution in [2.45, 2.75) is 25.5 Å². The molecule has 1 aromatic carbocycles. The lowest BCUT2D eigenvalue weighted by Crippen LogP contribution is -2.33. The zero-order valence-electron chi connectivity index (χ0n) is 9.85. The lowest BCUT2D eigenvalue weighted by atomic mass is 10.1. The Hall–Kier alpha value is -1.39. The van der Waals surface area contributed by atoms with E-state index in [1.807, 2.05) is 24.3 Å². The van der Waals surface area contributed by atoms with Crippen LogP contribution in [0.25, 0.3) is 0 Å². The van der Waals surface area contributed by atoms with Gasteiger partial charge < -0.3 is 9.84 Å². The van der Waals surface area contributed by atoms with Crippen LogP contribution in [0.4, 0.5) is 0 Å². The van der Waals surface area contributed by atoms with Crippen LogP contribution in [-0.4, -0.2) is 30.3 Å². The highest BCUT2D eigenvalue weighted by Gasteiger charge is 2.30. The van der Waals surface area contributed by atoms with Crippen LogP contribution in [0.3, 0.4) is 0 Å². The highest BCUT2D eigenvalue weighted by Crippen LogP contribution is 2.30. The summed E-state index contributed by atoms with van der Waals surface area (Å²) in [5.41, 5.74) is 2.21. The van der Waals surface area contributed by atoms with E-state index in [2.05, 4.69) is 5.32 Å². The van der Waals surface area contributed by atoms with Gasteiger partial charge in [-0.1, -0.05) is 24.3 Å². The summed E-state index contributed by atoms with van der Waals surface area (Å²) in [6.07, 6.45) is 0.165. The molecule has 0 heterocycles. The van der Waals surface area contributed by atoms with E-state index in [4.69, 9.17) is 4.74 Å². The van der Waals surface area contributed by atoms with Gasteiger partial charge in [-0.2, -0.15) is 0 Å². The largest absolute Gasteiger partial charge is 0.465 e. The molecular weight excluding hydrogens is 218 g/mol. The Morgan fingerprint density at radius 1 is 1.53 bits per heavy atom. The first-order valence-electron chi connectivity index (χ1n) is 5.87. The van der Waals surface area contributed by atoms with Crippen LogP contribution in [0, 0.1) is 0 Å². The fourth-order valence-electron chi connectivity index (χ4n) is 2.23. The average molecular weight is 235 g/mol. The zero-order chi connectivity index (χ0) is 12.3. The number of fused-ring (bicyclic) bond motifs is 1. The fourth-order valence-corrected chi connectivity index (χ4v) is 2.23. The molecule has 2 N–H and O–H groups in total. The Morgan fingerprint density at radius 3 is 3.06 bits per heavy atom. The maximum atomic E-state index is 11.3. The number of hydrogen-bond donors (Lipinski definition) is 2. The third-order valence-electron chi connectivity index (χ3n) is 2.98. The van der Waals surface area contributed by atoms with Crippen molar-refractivity contribution in [3.8, 4) is 0 Å². The van der Waals surface area contributed by atoms with Crippen LogP contribution in [0.15, 0.2) is 24.3 Å². The van der Waals surface area contributed by atoms with Crippen LogP contribution < -0.4 is 5.32 Å². The molecule has 0 saturated carbocycles.